The maximum absolute atomic E-state index is 12.6. The summed E-state index contributed by atoms with van der Waals surface area (Å²) in [5.74, 6) is 1.47. The molecule has 3 aromatic rings. The molecular formula is C21H18N2O2S. The lowest BCUT2D eigenvalue weighted by atomic mass is 10.1. The molecule has 0 spiro atoms. The SMILES string of the molecule is Cc1cc(NC(=O)C2Cc3ccccc3S2)ccc1Oc1cccnc1. The van der Waals surface area contributed by atoms with Crippen molar-refractivity contribution in [3.63, 3.8) is 0 Å². The van der Waals surface area contributed by atoms with Gasteiger partial charge in [0.2, 0.25) is 5.91 Å². The third-order valence-electron chi connectivity index (χ3n) is 4.24. The van der Waals surface area contributed by atoms with Crippen molar-refractivity contribution in [2.45, 2.75) is 23.5 Å². The summed E-state index contributed by atoms with van der Waals surface area (Å²) >= 11 is 1.63. The van der Waals surface area contributed by atoms with E-state index in [1.165, 1.54) is 10.5 Å². The normalized spacial score (nSPS) is 15.3. The van der Waals surface area contributed by atoms with Gasteiger partial charge in [-0.25, -0.2) is 0 Å². The minimum atomic E-state index is -0.0842. The molecule has 1 aromatic heterocycles. The molecule has 2 aromatic carbocycles. The van der Waals surface area contributed by atoms with Gasteiger partial charge in [-0.2, -0.15) is 0 Å². The van der Waals surface area contributed by atoms with E-state index in [1.54, 1.807) is 24.2 Å². The Balaban J connectivity index is 1.43. The lowest BCUT2D eigenvalue weighted by Gasteiger charge is -2.13. The van der Waals surface area contributed by atoms with Gasteiger partial charge in [-0.1, -0.05) is 18.2 Å². The summed E-state index contributed by atoms with van der Waals surface area (Å²) in [4.78, 5) is 17.8. The number of amides is 1. The fourth-order valence-electron chi connectivity index (χ4n) is 2.93. The molecule has 1 aliphatic heterocycles. The van der Waals surface area contributed by atoms with E-state index < -0.39 is 0 Å². The van der Waals surface area contributed by atoms with Gasteiger partial charge in [0.1, 0.15) is 11.5 Å². The van der Waals surface area contributed by atoms with E-state index in [2.05, 4.69) is 22.4 Å². The van der Waals surface area contributed by atoms with Crippen molar-refractivity contribution in [3.8, 4) is 11.5 Å². The summed E-state index contributed by atoms with van der Waals surface area (Å²) in [6.45, 7) is 1.96. The number of fused-ring (bicyclic) bond motifs is 1. The molecular weight excluding hydrogens is 344 g/mol. The van der Waals surface area contributed by atoms with E-state index in [0.717, 1.165) is 23.4 Å². The number of ether oxygens (including phenoxy) is 1. The zero-order valence-electron chi connectivity index (χ0n) is 14.3. The lowest BCUT2D eigenvalue weighted by Crippen LogP contribution is -2.24. The third-order valence-corrected chi connectivity index (χ3v) is 5.56. The number of thioether (sulfide) groups is 1. The molecule has 0 aliphatic carbocycles. The summed E-state index contributed by atoms with van der Waals surface area (Å²) < 4.78 is 5.83. The molecule has 26 heavy (non-hydrogen) atoms. The van der Waals surface area contributed by atoms with Crippen LogP contribution in [0.3, 0.4) is 0 Å². The number of carbonyl (C=O) groups is 1. The first-order chi connectivity index (χ1) is 12.7. The van der Waals surface area contributed by atoms with Crippen LogP contribution in [0.15, 0.2) is 71.9 Å². The minimum Gasteiger partial charge on any atom is -0.455 e. The van der Waals surface area contributed by atoms with E-state index in [9.17, 15) is 4.79 Å². The molecule has 4 rings (SSSR count). The summed E-state index contributed by atoms with van der Waals surface area (Å²) in [7, 11) is 0. The summed E-state index contributed by atoms with van der Waals surface area (Å²) in [6.07, 6.45) is 4.15. The second-order valence-corrected chi connectivity index (χ2v) is 7.42. The molecule has 1 amide bonds. The molecule has 0 saturated heterocycles. The van der Waals surface area contributed by atoms with E-state index in [0.29, 0.717) is 5.75 Å². The maximum Gasteiger partial charge on any atom is 0.238 e. The van der Waals surface area contributed by atoms with E-state index in [1.807, 2.05) is 49.4 Å². The highest BCUT2D eigenvalue weighted by molar-refractivity contribution is 8.01. The fourth-order valence-corrected chi connectivity index (χ4v) is 4.12. The number of pyridine rings is 1. The number of anilines is 1. The number of carbonyl (C=O) groups excluding carboxylic acids is 1. The van der Waals surface area contributed by atoms with Crippen LogP contribution in [-0.2, 0) is 11.2 Å². The van der Waals surface area contributed by atoms with E-state index in [4.69, 9.17) is 4.74 Å². The van der Waals surface area contributed by atoms with Gasteiger partial charge in [-0.3, -0.25) is 9.78 Å². The number of hydrogen-bond donors (Lipinski definition) is 1. The van der Waals surface area contributed by atoms with Gasteiger partial charge in [0.15, 0.2) is 0 Å². The monoisotopic (exact) mass is 362 g/mol. The van der Waals surface area contributed by atoms with Crippen LogP contribution >= 0.6 is 11.8 Å². The van der Waals surface area contributed by atoms with Crippen LogP contribution in [0.25, 0.3) is 0 Å². The molecule has 1 unspecified atom stereocenters. The Labute approximate surface area is 156 Å². The molecule has 0 saturated carbocycles. The highest BCUT2D eigenvalue weighted by Crippen LogP contribution is 2.37. The highest BCUT2D eigenvalue weighted by atomic mass is 32.2. The van der Waals surface area contributed by atoms with Crippen LogP contribution in [-0.4, -0.2) is 16.1 Å². The van der Waals surface area contributed by atoms with Crippen LogP contribution < -0.4 is 10.1 Å². The lowest BCUT2D eigenvalue weighted by molar-refractivity contribution is -0.115. The number of aromatic nitrogens is 1. The second-order valence-electron chi connectivity index (χ2n) is 6.18. The molecule has 4 nitrogen and oxygen atoms in total. The topological polar surface area (TPSA) is 51.2 Å². The Morgan fingerprint density at radius 1 is 1.19 bits per heavy atom. The summed E-state index contributed by atoms with van der Waals surface area (Å²) in [5.41, 5.74) is 2.98. The molecule has 1 atom stereocenters. The average molecular weight is 362 g/mol. The van der Waals surface area contributed by atoms with Crippen molar-refractivity contribution in [1.82, 2.24) is 4.98 Å². The summed E-state index contributed by atoms with van der Waals surface area (Å²) in [5, 5.41) is 2.94. The molecule has 0 radical (unpaired) electrons. The predicted octanol–water partition coefficient (Wildman–Crippen LogP) is 4.84. The van der Waals surface area contributed by atoms with E-state index >= 15 is 0 Å². The van der Waals surface area contributed by atoms with Crippen molar-refractivity contribution in [1.29, 1.82) is 0 Å². The average Bonchev–Trinajstić information content (AvgIpc) is 3.09. The fraction of sp³-hybridized carbons (Fsp3) is 0.143. The van der Waals surface area contributed by atoms with Gasteiger partial charge >= 0.3 is 0 Å². The van der Waals surface area contributed by atoms with Crippen molar-refractivity contribution >= 4 is 23.4 Å². The van der Waals surface area contributed by atoms with E-state index in [-0.39, 0.29) is 11.2 Å². The number of benzene rings is 2. The first-order valence-electron chi connectivity index (χ1n) is 8.43. The number of hydrogen-bond acceptors (Lipinski definition) is 4. The zero-order chi connectivity index (χ0) is 17.9. The first kappa shape index (κ1) is 16.7. The van der Waals surface area contributed by atoms with Crippen molar-refractivity contribution < 1.29 is 9.53 Å². The largest absolute Gasteiger partial charge is 0.455 e. The van der Waals surface area contributed by atoms with Gasteiger partial charge in [0.25, 0.3) is 0 Å². The minimum absolute atomic E-state index is 0.0338. The highest BCUT2D eigenvalue weighted by Gasteiger charge is 2.28. The van der Waals surface area contributed by atoms with Gasteiger partial charge in [-0.05, 0) is 60.9 Å². The van der Waals surface area contributed by atoms with Crippen LogP contribution in [0.1, 0.15) is 11.1 Å². The molecule has 5 heteroatoms. The molecule has 2 heterocycles. The van der Waals surface area contributed by atoms with Crippen LogP contribution in [0.2, 0.25) is 0 Å². The van der Waals surface area contributed by atoms with Crippen LogP contribution in [0.4, 0.5) is 5.69 Å². The Hall–Kier alpha value is -2.79. The zero-order valence-corrected chi connectivity index (χ0v) is 15.1. The number of rotatable bonds is 4. The smallest absolute Gasteiger partial charge is 0.238 e. The Kier molecular flexibility index (Phi) is 4.63. The van der Waals surface area contributed by atoms with Gasteiger partial charge in [0, 0.05) is 16.8 Å². The molecule has 0 fully saturated rings. The third kappa shape index (κ3) is 3.58. The number of aryl methyl sites for hydroxylation is 1. The standard InChI is InChI=1S/C21H18N2O2S/c1-14-11-16(8-9-18(14)25-17-6-4-10-22-13-17)23-21(24)20-12-15-5-2-3-7-19(15)26-20/h2-11,13,20H,12H2,1H3,(H,23,24). The van der Waals surface area contributed by atoms with Gasteiger partial charge in [-0.15, -0.1) is 11.8 Å². The maximum atomic E-state index is 12.6. The van der Waals surface area contributed by atoms with Gasteiger partial charge in [0.05, 0.1) is 11.4 Å². The Morgan fingerprint density at radius 2 is 2.08 bits per heavy atom. The molecule has 1 N–H and O–H groups in total. The molecule has 1 aliphatic rings. The second kappa shape index (κ2) is 7.22. The van der Waals surface area contributed by atoms with Crippen molar-refractivity contribution in [3.05, 3.63) is 78.1 Å². The Morgan fingerprint density at radius 3 is 2.85 bits per heavy atom. The van der Waals surface area contributed by atoms with Crippen LogP contribution in [0.5, 0.6) is 11.5 Å². The number of nitrogens with one attached hydrogen (secondary N) is 1. The predicted molar refractivity (Wildman–Crippen MR) is 104 cm³/mol. The summed E-state index contributed by atoms with van der Waals surface area (Å²) in [6, 6.07) is 17.5. The first-order valence-corrected chi connectivity index (χ1v) is 9.31. The van der Waals surface area contributed by atoms with Crippen molar-refractivity contribution in [2.75, 3.05) is 5.32 Å². The molecule has 0 bridgehead atoms. The Bertz CT molecular complexity index is 919. The van der Waals surface area contributed by atoms with Crippen LogP contribution in [0, 0.1) is 6.92 Å². The van der Waals surface area contributed by atoms with Crippen molar-refractivity contribution in [2.24, 2.45) is 0 Å². The number of nitrogens with zero attached hydrogens (tertiary/aromatic N) is 1. The molecule has 130 valence electrons. The van der Waals surface area contributed by atoms with Gasteiger partial charge < -0.3 is 10.1 Å². The quantitative estimate of drug-likeness (QED) is 0.722.